The Hall–Kier alpha value is -4.52. The number of hydrogen-bond acceptors (Lipinski definition) is 6. The fourth-order valence-electron chi connectivity index (χ4n) is 12.1. The maximum atomic E-state index is 6.94. The van der Waals surface area contributed by atoms with E-state index >= 15 is 0 Å². The summed E-state index contributed by atoms with van der Waals surface area (Å²) in [7, 11) is -8.74. The average molecular weight is 1210 g/mol. The van der Waals surface area contributed by atoms with Crippen LogP contribution in [0.25, 0.3) is 32.7 Å². The van der Waals surface area contributed by atoms with Gasteiger partial charge in [0.1, 0.15) is 23.2 Å². The van der Waals surface area contributed by atoms with Gasteiger partial charge in [-0.2, -0.15) is 0 Å². The molecular weight excluding hydrogens is 1160 g/mol. The third-order valence-electron chi connectivity index (χ3n) is 14.3. The third kappa shape index (κ3) is 7.87. The summed E-state index contributed by atoms with van der Waals surface area (Å²) < 4.78 is 40.6. The molecule has 0 unspecified atom stereocenters. The molecule has 1 spiro atoms. The molecular formula is C60H48Cl8O6P2. The van der Waals surface area contributed by atoms with Crippen molar-refractivity contribution >= 4 is 145 Å². The van der Waals surface area contributed by atoms with E-state index in [9.17, 15) is 0 Å². The van der Waals surface area contributed by atoms with Crippen LogP contribution >= 0.6 is 107 Å². The molecule has 0 N–H and O–H groups in total. The van der Waals surface area contributed by atoms with Gasteiger partial charge in [0.2, 0.25) is 0 Å². The van der Waals surface area contributed by atoms with Crippen molar-refractivity contribution in [3.05, 3.63) is 199 Å². The Bertz CT molecular complexity index is 3620. The minimum atomic E-state index is -6.93. The van der Waals surface area contributed by atoms with Crippen molar-refractivity contribution in [2.45, 2.75) is 62.3 Å². The maximum absolute atomic E-state index is 6.94. The topological polar surface area (TPSA) is 55.4 Å². The van der Waals surface area contributed by atoms with E-state index in [-0.39, 0.29) is 74.7 Å². The van der Waals surface area contributed by atoms with Crippen molar-refractivity contribution < 1.29 is 27.1 Å². The van der Waals surface area contributed by atoms with Gasteiger partial charge in [-0.25, -0.2) is 0 Å². The Kier molecular flexibility index (Phi) is 12.9. The molecule has 16 heteroatoms. The van der Waals surface area contributed by atoms with Gasteiger partial charge in [0.05, 0.1) is 6.66 Å². The van der Waals surface area contributed by atoms with E-state index in [1.54, 1.807) is 28.0 Å². The molecule has 0 radical (unpaired) electrons. The van der Waals surface area contributed by atoms with Gasteiger partial charge in [0.25, 0.3) is 0 Å². The quantitative estimate of drug-likeness (QED) is 0.0998. The second kappa shape index (κ2) is 18.3. The molecule has 0 atom stereocenters. The molecule has 3 aliphatic heterocycles. The number of fused-ring (bicyclic) bond motifs is 9. The Morgan fingerprint density at radius 1 is 0.329 bits per heavy atom. The number of benzene rings is 9. The number of halogens is 8. The molecule has 0 aromatic heterocycles. The van der Waals surface area contributed by atoms with Crippen LogP contribution in [0, 0.1) is 62.3 Å². The van der Waals surface area contributed by atoms with E-state index < -0.39 is 14.6 Å². The van der Waals surface area contributed by atoms with Crippen LogP contribution in [-0.2, 0) is 0 Å². The molecule has 9 aromatic carbocycles. The molecule has 0 bridgehead atoms. The Balaban J connectivity index is 0.000000183. The van der Waals surface area contributed by atoms with Crippen LogP contribution in [0.4, 0.5) is 0 Å². The molecule has 390 valence electrons. The van der Waals surface area contributed by atoms with Gasteiger partial charge in [0, 0.05) is 0 Å². The zero-order chi connectivity index (χ0) is 54.4. The van der Waals surface area contributed by atoms with Gasteiger partial charge >= 0.3 is 307 Å². The van der Waals surface area contributed by atoms with Gasteiger partial charge < -0.3 is 0 Å². The summed E-state index contributed by atoms with van der Waals surface area (Å²) >= 11 is 52.8. The SMILES string of the molecule is Cc1cc(C)c([P+](C)(c2c(C)cc(C)cc2C)c2c(C)cc(C)cc2C)c(C)c1.Clc1c(Cl)c(Cl)c2c(c1Cl)O[P-]13(Oc4ccc5ccccc5c4-c4c(ccc5ccccc45)O1)(O2)Oc1c(Cl)c(Cl)c(Cl)c(Cl)c1O3. The van der Waals surface area contributed by atoms with Crippen molar-refractivity contribution in [2.24, 2.45) is 0 Å². The number of rotatable bonds is 3. The first-order valence-electron chi connectivity index (χ1n) is 24.1. The van der Waals surface area contributed by atoms with Crippen molar-refractivity contribution in [3.63, 3.8) is 0 Å². The first-order chi connectivity index (χ1) is 35.9. The molecule has 0 saturated heterocycles. The van der Waals surface area contributed by atoms with Crippen LogP contribution in [0.2, 0.25) is 40.2 Å². The summed E-state index contributed by atoms with van der Waals surface area (Å²) in [5.74, 6) is -0.639. The molecule has 12 rings (SSSR count). The van der Waals surface area contributed by atoms with E-state index in [4.69, 9.17) is 120 Å². The predicted molar refractivity (Wildman–Crippen MR) is 324 cm³/mol. The van der Waals surface area contributed by atoms with Crippen molar-refractivity contribution in [3.8, 4) is 45.6 Å². The van der Waals surface area contributed by atoms with E-state index in [1.165, 1.54) is 50.1 Å². The molecule has 3 aliphatic rings. The first-order valence-corrected chi connectivity index (χ1v) is 31.6. The van der Waals surface area contributed by atoms with Gasteiger partial charge in [0.15, 0.2) is 0 Å². The van der Waals surface area contributed by atoms with E-state index in [1.807, 2.05) is 60.7 Å². The molecule has 6 nitrogen and oxygen atoms in total. The third-order valence-corrected chi connectivity index (χ3v) is 26.0. The normalized spacial score (nSPS) is 15.9. The molecule has 0 amide bonds. The Labute approximate surface area is 482 Å². The van der Waals surface area contributed by atoms with Gasteiger partial charge in [-0.05, 0) is 95.7 Å². The number of aryl methyl sites for hydroxylation is 9. The molecule has 0 aliphatic carbocycles. The zero-order valence-electron chi connectivity index (χ0n) is 42.8. The molecule has 76 heavy (non-hydrogen) atoms. The van der Waals surface area contributed by atoms with Gasteiger partial charge in [-0.1, -0.05) is 53.1 Å². The van der Waals surface area contributed by atoms with E-state index in [2.05, 4.69) is 105 Å². The van der Waals surface area contributed by atoms with Crippen molar-refractivity contribution in [1.29, 1.82) is 0 Å². The standard InChI is InChI=1S/C32H12Cl8O6P.C28H36P/c33-21-22(34)26(38)30-29(25(21)37)43-47(44-30,45-31-27(39)23(35)24(36)28(40)32(31)46-47)41-17-11-9-13-5-1-3-7-15(13)19(17)20-16-8-4-2-6-14(16)10-12-18(20)42-47;1-17-11-20(4)26(21(5)12-17)29(10,27-22(6)13-18(2)14-23(27)7)28-24(8)15-19(3)16-25(28)9/h1-12H;11-16H,1-10H3/q-1;+1. The fourth-order valence-corrected chi connectivity index (χ4v) is 23.2. The predicted octanol–water partition coefficient (Wildman–Crippen LogP) is 20.6. The van der Waals surface area contributed by atoms with Gasteiger partial charge in [-0.3, -0.25) is 0 Å². The second-order valence-electron chi connectivity index (χ2n) is 20.1. The Morgan fingerprint density at radius 3 is 0.868 bits per heavy atom. The molecule has 3 heterocycles. The number of hydrogen-bond donors (Lipinski definition) is 0. The van der Waals surface area contributed by atoms with Crippen LogP contribution in [0.5, 0.6) is 34.5 Å². The van der Waals surface area contributed by atoms with Crippen LogP contribution in [-0.4, -0.2) is 6.66 Å². The first kappa shape index (κ1) is 53.5. The van der Waals surface area contributed by atoms with Crippen LogP contribution in [0.3, 0.4) is 0 Å². The summed E-state index contributed by atoms with van der Waals surface area (Å²) in [6.45, 7) is 23.1. The summed E-state index contributed by atoms with van der Waals surface area (Å²) in [5.41, 5.74) is 13.8. The van der Waals surface area contributed by atoms with Gasteiger partial charge in [-0.15, -0.1) is 0 Å². The van der Waals surface area contributed by atoms with E-state index in [0.29, 0.717) is 11.1 Å². The summed E-state index contributed by atoms with van der Waals surface area (Å²) in [5, 5.41) is 6.77. The second-order valence-corrected chi connectivity index (χ2v) is 29.8. The van der Waals surface area contributed by atoms with E-state index in [0.717, 1.165) is 21.5 Å². The molecule has 0 saturated carbocycles. The van der Waals surface area contributed by atoms with Crippen molar-refractivity contribution in [1.82, 2.24) is 0 Å². The fraction of sp³-hybridized carbons (Fsp3) is 0.167. The van der Waals surface area contributed by atoms with Crippen LogP contribution in [0.1, 0.15) is 50.1 Å². The van der Waals surface area contributed by atoms with Crippen molar-refractivity contribution in [2.75, 3.05) is 6.66 Å². The van der Waals surface area contributed by atoms with Crippen LogP contribution < -0.4 is 43.1 Å². The summed E-state index contributed by atoms with van der Waals surface area (Å²) in [6, 6.07) is 36.9. The van der Waals surface area contributed by atoms with Crippen LogP contribution in [0.15, 0.2) is 109 Å². The zero-order valence-corrected chi connectivity index (χ0v) is 50.6. The minimum absolute atomic E-state index is 0.137. The average Bonchev–Trinajstić information content (AvgIpc) is 3.81. The summed E-state index contributed by atoms with van der Waals surface area (Å²) in [6.07, 6.45) is 0. The monoisotopic (exact) mass is 1210 g/mol. The molecule has 0 fully saturated rings. The Morgan fingerprint density at radius 2 is 0.592 bits per heavy atom. The summed E-state index contributed by atoms with van der Waals surface area (Å²) in [4.78, 5) is 0. The molecule has 9 aromatic rings.